The highest BCUT2D eigenvalue weighted by Crippen LogP contribution is 2.35. The highest BCUT2D eigenvalue weighted by atomic mass is 32.2. The molecule has 2 aromatic heterocycles. The van der Waals surface area contributed by atoms with E-state index < -0.39 is 34.4 Å². The molecular formula is C13H14F3N3O4S2. The maximum absolute atomic E-state index is 12.8. The summed E-state index contributed by atoms with van der Waals surface area (Å²) >= 11 is 0.745. The van der Waals surface area contributed by atoms with Crippen LogP contribution in [0.2, 0.25) is 0 Å². The Morgan fingerprint density at radius 3 is 2.64 bits per heavy atom. The van der Waals surface area contributed by atoms with Crippen LogP contribution in [0, 0.1) is 0 Å². The molecule has 0 saturated heterocycles. The first-order valence-electron chi connectivity index (χ1n) is 6.91. The topological polar surface area (TPSA) is 90.3 Å². The maximum Gasteiger partial charge on any atom is 0.433 e. The molecule has 1 N–H and O–H groups in total. The Kier molecular flexibility index (Phi) is 5.54. The first kappa shape index (κ1) is 19.4. The predicted octanol–water partition coefficient (Wildman–Crippen LogP) is 2.01. The summed E-state index contributed by atoms with van der Waals surface area (Å²) in [6, 6.07) is 3.43. The summed E-state index contributed by atoms with van der Waals surface area (Å²) in [6.07, 6.45) is -4.56. The van der Waals surface area contributed by atoms with Crippen LogP contribution in [0.5, 0.6) is 0 Å². The van der Waals surface area contributed by atoms with Crippen molar-refractivity contribution >= 4 is 27.3 Å². The van der Waals surface area contributed by atoms with Gasteiger partial charge in [-0.15, -0.1) is 11.3 Å². The molecule has 0 aliphatic heterocycles. The minimum absolute atomic E-state index is 0.00617. The second-order valence-electron chi connectivity index (χ2n) is 4.78. The monoisotopic (exact) mass is 397 g/mol. The molecule has 0 spiro atoms. The van der Waals surface area contributed by atoms with Crippen molar-refractivity contribution in [3.05, 3.63) is 23.9 Å². The van der Waals surface area contributed by atoms with Crippen molar-refractivity contribution in [2.75, 3.05) is 13.2 Å². The van der Waals surface area contributed by atoms with E-state index >= 15 is 0 Å². The molecule has 0 aliphatic rings. The Balaban J connectivity index is 2.21. The van der Waals surface area contributed by atoms with E-state index in [4.69, 9.17) is 0 Å². The zero-order valence-corrected chi connectivity index (χ0v) is 14.8. The normalized spacial score (nSPS) is 12.4. The van der Waals surface area contributed by atoms with E-state index in [0.717, 1.165) is 24.5 Å². The molecule has 0 aliphatic carbocycles. The van der Waals surface area contributed by atoms with E-state index in [9.17, 15) is 26.4 Å². The molecule has 2 heterocycles. The molecule has 0 bridgehead atoms. The second kappa shape index (κ2) is 7.14. The number of alkyl halides is 3. The number of aryl methyl sites for hydroxylation is 1. The van der Waals surface area contributed by atoms with Crippen molar-refractivity contribution in [2.24, 2.45) is 7.05 Å². The van der Waals surface area contributed by atoms with Gasteiger partial charge in [0.15, 0.2) is 0 Å². The fourth-order valence-electron chi connectivity index (χ4n) is 1.89. The molecule has 2 aromatic rings. The molecule has 0 fully saturated rings. The fraction of sp³-hybridized carbons (Fsp3) is 0.385. The number of nitrogens with one attached hydrogen (secondary N) is 1. The Bertz CT molecular complexity index is 871. The summed E-state index contributed by atoms with van der Waals surface area (Å²) in [7, 11) is -2.83. The number of thiophene rings is 1. The number of halogens is 3. The molecule has 138 valence electrons. The Hall–Kier alpha value is -1.92. The van der Waals surface area contributed by atoms with Crippen LogP contribution < -0.4 is 4.72 Å². The molecule has 0 atom stereocenters. The van der Waals surface area contributed by atoms with Gasteiger partial charge in [0.25, 0.3) is 10.0 Å². The van der Waals surface area contributed by atoms with Crippen LogP contribution in [0.25, 0.3) is 10.6 Å². The van der Waals surface area contributed by atoms with Crippen LogP contribution in [-0.4, -0.2) is 37.3 Å². The Morgan fingerprint density at radius 1 is 1.40 bits per heavy atom. The van der Waals surface area contributed by atoms with Gasteiger partial charge in [0.05, 0.1) is 11.5 Å². The van der Waals surface area contributed by atoms with E-state index in [0.29, 0.717) is 4.68 Å². The number of carbonyl (C=O) groups excluding carboxylic acids is 1. The van der Waals surface area contributed by atoms with Crippen LogP contribution in [0.15, 0.2) is 22.4 Å². The largest absolute Gasteiger partial charge is 0.465 e. The molecular weight excluding hydrogens is 383 g/mol. The standard InChI is InChI=1S/C13H14F3N3O4S2/c1-3-23-11(20)7-17-25(21,22)12-5-4-9(24-12)8-6-10(13(14,15)16)19(2)18-8/h4-6,17H,3,7H2,1-2H3. The Labute approximate surface area is 145 Å². The van der Waals surface area contributed by atoms with Crippen LogP contribution in [0.3, 0.4) is 0 Å². The van der Waals surface area contributed by atoms with Gasteiger partial charge in [-0.05, 0) is 25.1 Å². The number of rotatable bonds is 6. The van der Waals surface area contributed by atoms with Crippen molar-refractivity contribution in [1.82, 2.24) is 14.5 Å². The van der Waals surface area contributed by atoms with Crippen LogP contribution in [-0.2, 0) is 32.8 Å². The van der Waals surface area contributed by atoms with Gasteiger partial charge in [-0.25, -0.2) is 8.42 Å². The summed E-state index contributed by atoms with van der Waals surface area (Å²) in [5.41, 5.74) is -0.938. The van der Waals surface area contributed by atoms with Crippen LogP contribution in [0.4, 0.5) is 13.2 Å². The molecule has 0 unspecified atom stereocenters. The van der Waals surface area contributed by atoms with E-state index in [2.05, 4.69) is 14.6 Å². The summed E-state index contributed by atoms with van der Waals surface area (Å²) in [4.78, 5) is 11.5. The minimum Gasteiger partial charge on any atom is -0.465 e. The van der Waals surface area contributed by atoms with Crippen molar-refractivity contribution in [1.29, 1.82) is 0 Å². The first-order chi connectivity index (χ1) is 11.5. The van der Waals surface area contributed by atoms with Crippen molar-refractivity contribution in [3.63, 3.8) is 0 Å². The average molecular weight is 397 g/mol. The highest BCUT2D eigenvalue weighted by molar-refractivity contribution is 7.91. The molecule has 0 aromatic carbocycles. The van der Waals surface area contributed by atoms with Crippen LogP contribution >= 0.6 is 11.3 Å². The van der Waals surface area contributed by atoms with Gasteiger partial charge < -0.3 is 4.74 Å². The molecule has 12 heteroatoms. The number of aromatic nitrogens is 2. The summed E-state index contributed by atoms with van der Waals surface area (Å²) in [5, 5.41) is 3.76. The third kappa shape index (κ3) is 4.58. The maximum atomic E-state index is 12.8. The van der Waals surface area contributed by atoms with Gasteiger partial charge in [-0.1, -0.05) is 0 Å². The number of hydrogen-bond donors (Lipinski definition) is 1. The summed E-state index contributed by atoms with van der Waals surface area (Å²) in [6.45, 7) is 1.16. The molecule has 0 amide bonds. The van der Waals surface area contributed by atoms with Gasteiger partial charge in [-0.2, -0.15) is 23.0 Å². The fourth-order valence-corrected chi connectivity index (χ4v) is 4.17. The quantitative estimate of drug-likeness (QED) is 0.753. The number of hydrogen-bond acceptors (Lipinski definition) is 6. The molecule has 0 saturated carbocycles. The molecule has 2 rings (SSSR count). The average Bonchev–Trinajstić information content (AvgIpc) is 3.11. The SMILES string of the molecule is CCOC(=O)CNS(=O)(=O)c1ccc(-c2cc(C(F)(F)F)n(C)n2)s1. The van der Waals surface area contributed by atoms with E-state index in [1.807, 2.05) is 0 Å². The number of ether oxygens (including phenoxy) is 1. The lowest BCUT2D eigenvalue weighted by molar-refractivity contribution is -0.144. The van der Waals surface area contributed by atoms with Crippen molar-refractivity contribution < 1.29 is 31.1 Å². The van der Waals surface area contributed by atoms with Gasteiger partial charge >= 0.3 is 12.1 Å². The molecule has 25 heavy (non-hydrogen) atoms. The first-order valence-corrected chi connectivity index (χ1v) is 9.21. The number of nitrogens with zero attached hydrogens (tertiary/aromatic N) is 2. The zero-order chi connectivity index (χ0) is 18.8. The summed E-state index contributed by atoms with van der Waals surface area (Å²) < 4.78 is 69.8. The highest BCUT2D eigenvalue weighted by Gasteiger charge is 2.35. The lowest BCUT2D eigenvalue weighted by atomic mass is 10.3. The van der Waals surface area contributed by atoms with Gasteiger partial charge in [0.2, 0.25) is 0 Å². The van der Waals surface area contributed by atoms with E-state index in [1.54, 1.807) is 6.92 Å². The number of sulfonamides is 1. The lowest BCUT2D eigenvalue weighted by Crippen LogP contribution is -2.30. The third-order valence-corrected chi connectivity index (χ3v) is 5.98. The van der Waals surface area contributed by atoms with Crippen molar-refractivity contribution in [3.8, 4) is 10.6 Å². The van der Waals surface area contributed by atoms with Crippen molar-refractivity contribution in [2.45, 2.75) is 17.3 Å². The minimum atomic E-state index is -4.56. The Morgan fingerprint density at radius 2 is 2.08 bits per heavy atom. The molecule has 0 radical (unpaired) electrons. The zero-order valence-electron chi connectivity index (χ0n) is 13.1. The summed E-state index contributed by atoms with van der Waals surface area (Å²) in [5.74, 6) is -0.734. The van der Waals surface area contributed by atoms with Gasteiger partial charge in [-0.3, -0.25) is 9.48 Å². The van der Waals surface area contributed by atoms with Gasteiger partial charge in [0, 0.05) is 7.05 Å². The lowest BCUT2D eigenvalue weighted by Gasteiger charge is -2.04. The number of carbonyl (C=O) groups is 1. The smallest absolute Gasteiger partial charge is 0.433 e. The second-order valence-corrected chi connectivity index (χ2v) is 7.86. The number of esters is 1. The van der Waals surface area contributed by atoms with Gasteiger partial charge in [0.1, 0.15) is 22.1 Å². The van der Waals surface area contributed by atoms with E-state index in [-0.39, 0.29) is 21.4 Å². The van der Waals surface area contributed by atoms with Crippen LogP contribution in [0.1, 0.15) is 12.6 Å². The van der Waals surface area contributed by atoms with E-state index in [1.165, 1.54) is 12.1 Å². The predicted molar refractivity (Wildman–Crippen MR) is 83.3 cm³/mol. The molecule has 7 nitrogen and oxygen atoms in total. The third-order valence-electron chi connectivity index (χ3n) is 2.98.